The Morgan fingerprint density at radius 2 is 2.15 bits per heavy atom. The monoisotopic (exact) mass is 416 g/mol. The van der Waals surface area contributed by atoms with Crippen molar-refractivity contribution >= 4 is 49.2 Å². The predicted molar refractivity (Wildman–Crippen MR) is 94.5 cm³/mol. The van der Waals surface area contributed by atoms with Crippen LogP contribution in [0.2, 0.25) is 0 Å². The summed E-state index contributed by atoms with van der Waals surface area (Å²) >= 11 is 1.40. The molecule has 0 radical (unpaired) electrons. The second-order valence-corrected chi connectivity index (χ2v) is 8.20. The zero-order valence-electron chi connectivity index (χ0n) is 12.9. The second kappa shape index (κ2) is 9.59. The van der Waals surface area contributed by atoms with Gasteiger partial charge in [-0.25, -0.2) is 13.7 Å². The number of rotatable bonds is 9. The van der Waals surface area contributed by atoms with Crippen LogP contribution in [0.15, 0.2) is 45.5 Å². The van der Waals surface area contributed by atoms with Crippen LogP contribution >= 0.6 is 23.7 Å². The van der Waals surface area contributed by atoms with Crippen LogP contribution in [-0.4, -0.2) is 26.0 Å². The Morgan fingerprint density at radius 1 is 1.35 bits per heavy atom. The minimum absolute atomic E-state index is 0.0466. The van der Waals surface area contributed by atoms with E-state index in [9.17, 15) is 8.42 Å². The van der Waals surface area contributed by atoms with E-state index in [4.69, 9.17) is 20.4 Å². The Balaban J connectivity index is 2.06. The van der Waals surface area contributed by atoms with Crippen LogP contribution in [0.5, 0.6) is 0 Å². The third-order valence-corrected chi connectivity index (χ3v) is 5.75. The van der Waals surface area contributed by atoms with Crippen molar-refractivity contribution in [2.75, 3.05) is 18.1 Å². The van der Waals surface area contributed by atoms with Gasteiger partial charge < -0.3 is 5.73 Å². The summed E-state index contributed by atoms with van der Waals surface area (Å²) in [6, 6.07) is 9.34. The van der Waals surface area contributed by atoms with Crippen molar-refractivity contribution in [1.82, 2.24) is 0 Å². The molecule has 0 saturated carbocycles. The SMILES string of the molecule is N#Cc1cc(N=Nc2cccc(S(=O)(=O)CCOSOOO)c2)sc1N. The minimum Gasteiger partial charge on any atom is -0.389 e. The molecule has 3 N–H and O–H groups in total. The third kappa shape index (κ3) is 5.75. The Morgan fingerprint density at radius 3 is 2.85 bits per heavy atom. The first kappa shape index (κ1) is 20.3. The maximum Gasteiger partial charge on any atom is 0.197 e. The normalized spacial score (nSPS) is 11.7. The van der Waals surface area contributed by atoms with E-state index < -0.39 is 9.84 Å². The molecule has 0 fully saturated rings. The number of azo groups is 1. The van der Waals surface area contributed by atoms with E-state index in [0.717, 1.165) is 11.3 Å². The summed E-state index contributed by atoms with van der Waals surface area (Å²) in [4.78, 5) is 0.0466. The molecule has 1 aromatic heterocycles. The Labute approximate surface area is 157 Å². The topological polar surface area (TPSA) is 157 Å². The number of sulfone groups is 1. The second-order valence-electron chi connectivity index (χ2n) is 4.52. The molecular formula is C13H12N4O6S3. The largest absolute Gasteiger partial charge is 0.389 e. The maximum atomic E-state index is 12.2. The van der Waals surface area contributed by atoms with E-state index >= 15 is 0 Å². The summed E-state index contributed by atoms with van der Waals surface area (Å²) in [5.41, 5.74) is 6.29. The lowest BCUT2D eigenvalue weighted by Gasteiger charge is -2.04. The maximum absolute atomic E-state index is 12.2. The van der Waals surface area contributed by atoms with Gasteiger partial charge in [0, 0.05) is 0 Å². The quantitative estimate of drug-likeness (QED) is 0.205. The standard InChI is InChI=1S/C13H12N4O6S3/c14-8-9-6-12(24-13(9)15)17-16-10-2-1-3-11(7-10)26(19,20)5-4-21-25-23-22-18/h1-3,6-7,18H,4-5,15H2. The minimum atomic E-state index is -3.62. The van der Waals surface area contributed by atoms with Gasteiger partial charge in [-0.05, 0) is 24.3 Å². The van der Waals surface area contributed by atoms with Crippen molar-refractivity contribution in [3.05, 3.63) is 35.9 Å². The summed E-state index contributed by atoms with van der Waals surface area (Å²) in [7, 11) is -3.62. The van der Waals surface area contributed by atoms with Crippen LogP contribution in [-0.2, 0) is 23.4 Å². The highest BCUT2D eigenvalue weighted by atomic mass is 32.2. The molecule has 13 heteroatoms. The lowest BCUT2D eigenvalue weighted by Crippen LogP contribution is -2.11. The number of nitrogen functional groups attached to an aromatic ring is 1. The molecule has 26 heavy (non-hydrogen) atoms. The molecule has 0 saturated heterocycles. The van der Waals surface area contributed by atoms with E-state index in [1.807, 2.05) is 6.07 Å². The van der Waals surface area contributed by atoms with Crippen LogP contribution in [0, 0.1) is 11.3 Å². The number of nitriles is 1. The van der Waals surface area contributed by atoms with Gasteiger partial charge in [-0.2, -0.15) is 5.26 Å². The molecule has 10 nitrogen and oxygen atoms in total. The summed E-state index contributed by atoms with van der Waals surface area (Å²) in [5.74, 6) is -0.317. The number of nitrogens with two attached hydrogens (primary N) is 1. The van der Waals surface area contributed by atoms with Crippen molar-refractivity contribution < 1.29 is 27.2 Å². The lowest BCUT2D eigenvalue weighted by molar-refractivity contribution is -0.434. The lowest BCUT2D eigenvalue weighted by atomic mass is 10.3. The fourth-order valence-electron chi connectivity index (χ4n) is 1.70. The van der Waals surface area contributed by atoms with Crippen molar-refractivity contribution in [1.29, 1.82) is 5.26 Å². The average molecular weight is 416 g/mol. The number of benzene rings is 1. The van der Waals surface area contributed by atoms with Gasteiger partial charge in [-0.3, -0.25) is 4.18 Å². The van der Waals surface area contributed by atoms with Gasteiger partial charge in [-0.1, -0.05) is 22.4 Å². The number of nitrogens with zero attached hydrogens (tertiary/aromatic N) is 3. The van der Waals surface area contributed by atoms with Crippen LogP contribution in [0.1, 0.15) is 5.56 Å². The van der Waals surface area contributed by atoms with Crippen LogP contribution in [0.4, 0.5) is 15.7 Å². The van der Waals surface area contributed by atoms with E-state index in [0.29, 0.717) is 33.6 Å². The molecule has 0 spiro atoms. The van der Waals surface area contributed by atoms with E-state index in [-0.39, 0.29) is 17.3 Å². The molecule has 0 bridgehead atoms. The highest BCUT2D eigenvalue weighted by Crippen LogP contribution is 2.32. The van der Waals surface area contributed by atoms with E-state index in [2.05, 4.69) is 19.6 Å². The van der Waals surface area contributed by atoms with Gasteiger partial charge in [0.2, 0.25) is 0 Å². The van der Waals surface area contributed by atoms with Gasteiger partial charge in [0.25, 0.3) is 0 Å². The van der Waals surface area contributed by atoms with Gasteiger partial charge in [0.05, 0.1) is 28.5 Å². The van der Waals surface area contributed by atoms with Crippen molar-refractivity contribution in [3.8, 4) is 6.07 Å². The molecule has 0 aliphatic carbocycles. The highest BCUT2D eigenvalue weighted by molar-refractivity contribution is 7.91. The zero-order chi connectivity index (χ0) is 19.0. The van der Waals surface area contributed by atoms with Gasteiger partial charge >= 0.3 is 0 Å². The fraction of sp³-hybridized carbons (Fsp3) is 0.154. The number of hydrogen-bond donors (Lipinski definition) is 2. The molecule has 0 aliphatic rings. The molecule has 2 rings (SSSR count). The molecule has 1 aromatic carbocycles. The van der Waals surface area contributed by atoms with E-state index in [1.165, 1.54) is 24.3 Å². The Kier molecular flexibility index (Phi) is 7.48. The van der Waals surface area contributed by atoms with Crippen molar-refractivity contribution in [3.63, 3.8) is 0 Å². The highest BCUT2D eigenvalue weighted by Gasteiger charge is 2.15. The van der Waals surface area contributed by atoms with Crippen LogP contribution in [0.3, 0.4) is 0 Å². The molecule has 138 valence electrons. The van der Waals surface area contributed by atoms with Crippen LogP contribution < -0.4 is 5.73 Å². The van der Waals surface area contributed by atoms with Crippen LogP contribution in [0.25, 0.3) is 0 Å². The average Bonchev–Trinajstić information content (AvgIpc) is 3.00. The van der Waals surface area contributed by atoms with Gasteiger partial charge in [0.15, 0.2) is 22.2 Å². The summed E-state index contributed by atoms with van der Waals surface area (Å²) in [6.07, 6.45) is 0. The predicted octanol–water partition coefficient (Wildman–Crippen LogP) is 3.39. The molecule has 0 amide bonds. The molecular weight excluding hydrogens is 404 g/mol. The fourth-order valence-corrected chi connectivity index (χ4v) is 3.85. The zero-order valence-corrected chi connectivity index (χ0v) is 15.4. The van der Waals surface area contributed by atoms with Crippen molar-refractivity contribution in [2.24, 2.45) is 10.2 Å². The summed E-state index contributed by atoms with van der Waals surface area (Å²) in [5, 5.41) is 28.8. The summed E-state index contributed by atoms with van der Waals surface area (Å²) < 4.78 is 33.2. The molecule has 0 unspecified atom stereocenters. The number of thiophene rings is 1. The van der Waals surface area contributed by atoms with Crippen molar-refractivity contribution in [2.45, 2.75) is 4.90 Å². The van der Waals surface area contributed by atoms with Gasteiger partial charge in [0.1, 0.15) is 16.1 Å². The van der Waals surface area contributed by atoms with Gasteiger partial charge in [-0.15, -0.1) is 14.6 Å². The Bertz CT molecular complexity index is 922. The van der Waals surface area contributed by atoms with E-state index in [1.54, 1.807) is 6.07 Å². The first-order valence-electron chi connectivity index (χ1n) is 6.76. The molecule has 1 heterocycles. The Hall–Kier alpha value is -2.05. The number of hydrogen-bond acceptors (Lipinski definition) is 12. The summed E-state index contributed by atoms with van der Waals surface area (Å²) in [6.45, 7) is -0.187. The molecule has 0 aliphatic heterocycles. The molecule has 0 atom stereocenters. The third-order valence-electron chi connectivity index (χ3n) is 2.85. The smallest absolute Gasteiger partial charge is 0.197 e. The first-order chi connectivity index (χ1) is 12.5. The molecule has 2 aromatic rings. The first-order valence-corrected chi connectivity index (χ1v) is 9.90. The number of anilines is 1.